The molecule has 1 atom stereocenters. The Labute approximate surface area is 175 Å². The molecule has 1 aliphatic heterocycles. The van der Waals surface area contributed by atoms with Crippen molar-refractivity contribution in [2.45, 2.75) is 31.1 Å². The third kappa shape index (κ3) is 6.32. The summed E-state index contributed by atoms with van der Waals surface area (Å²) in [6.07, 6.45) is 2.50. The van der Waals surface area contributed by atoms with E-state index in [0.717, 1.165) is 35.5 Å². The Morgan fingerprint density at radius 1 is 1.14 bits per heavy atom. The van der Waals surface area contributed by atoms with Gasteiger partial charge in [0, 0.05) is 30.1 Å². The van der Waals surface area contributed by atoms with Gasteiger partial charge in [-0.1, -0.05) is 17.7 Å². The number of nitrogens with zero attached hydrogens (tertiary/aromatic N) is 1. The lowest BCUT2D eigenvalue weighted by Gasteiger charge is -2.32. The molecular formula is C23H27FN2O2S. The molecule has 1 N–H and O–H groups in total. The van der Waals surface area contributed by atoms with Gasteiger partial charge in [0.2, 0.25) is 5.91 Å². The lowest BCUT2D eigenvalue weighted by Crippen LogP contribution is -2.45. The van der Waals surface area contributed by atoms with Crippen molar-refractivity contribution in [1.29, 1.82) is 0 Å². The molecule has 0 spiro atoms. The summed E-state index contributed by atoms with van der Waals surface area (Å²) in [5, 5.41) is 3.00. The molecule has 1 heterocycles. The van der Waals surface area contributed by atoms with E-state index in [1.165, 1.54) is 12.1 Å². The zero-order valence-electron chi connectivity index (χ0n) is 16.7. The molecule has 1 unspecified atom stereocenters. The van der Waals surface area contributed by atoms with Crippen LogP contribution in [-0.4, -0.2) is 42.1 Å². The number of rotatable bonds is 7. The summed E-state index contributed by atoms with van der Waals surface area (Å²) in [5.41, 5.74) is 1.80. The predicted octanol–water partition coefficient (Wildman–Crippen LogP) is 4.28. The number of nitrogens with one attached hydrogen (secondary N) is 1. The fourth-order valence-electron chi connectivity index (χ4n) is 3.40. The standard InChI is InChI=1S/C23H27FN2O2S/c1-17-5-7-18(8-6-17)23(28)26-14-2-4-19(16-26)22(27)25-13-3-15-29-21-11-9-20(24)10-12-21/h5-12,19H,2-4,13-16H2,1H3,(H,25,27). The third-order valence-corrected chi connectivity index (χ3v) is 6.18. The van der Waals surface area contributed by atoms with Gasteiger partial charge in [0.1, 0.15) is 5.82 Å². The molecule has 29 heavy (non-hydrogen) atoms. The van der Waals surface area contributed by atoms with Gasteiger partial charge < -0.3 is 10.2 Å². The van der Waals surface area contributed by atoms with Crippen molar-refractivity contribution in [1.82, 2.24) is 10.2 Å². The number of hydrogen-bond donors (Lipinski definition) is 1. The van der Waals surface area contributed by atoms with E-state index >= 15 is 0 Å². The first-order chi connectivity index (χ1) is 14.0. The first-order valence-corrected chi connectivity index (χ1v) is 11.0. The van der Waals surface area contributed by atoms with Crippen LogP contribution in [0, 0.1) is 18.7 Å². The lowest BCUT2D eigenvalue weighted by atomic mass is 9.96. The first-order valence-electron chi connectivity index (χ1n) is 10.0. The average Bonchev–Trinajstić information content (AvgIpc) is 2.75. The maximum Gasteiger partial charge on any atom is 0.253 e. The van der Waals surface area contributed by atoms with Crippen molar-refractivity contribution in [2.24, 2.45) is 5.92 Å². The smallest absolute Gasteiger partial charge is 0.253 e. The molecule has 4 nitrogen and oxygen atoms in total. The number of amides is 2. The van der Waals surface area contributed by atoms with Gasteiger partial charge in [0.15, 0.2) is 0 Å². The fourth-order valence-corrected chi connectivity index (χ4v) is 4.26. The van der Waals surface area contributed by atoms with Crippen molar-refractivity contribution in [2.75, 3.05) is 25.4 Å². The van der Waals surface area contributed by atoms with Crippen LogP contribution in [0.25, 0.3) is 0 Å². The number of piperidine rings is 1. The second-order valence-electron chi connectivity index (χ2n) is 7.40. The Bertz CT molecular complexity index is 824. The number of likely N-dealkylation sites (tertiary alicyclic amines) is 1. The molecule has 1 saturated heterocycles. The number of aryl methyl sites for hydroxylation is 1. The van der Waals surface area contributed by atoms with Crippen LogP contribution >= 0.6 is 11.8 Å². The van der Waals surface area contributed by atoms with E-state index in [4.69, 9.17) is 0 Å². The van der Waals surface area contributed by atoms with E-state index in [1.54, 1.807) is 28.8 Å². The molecule has 3 rings (SSSR count). The monoisotopic (exact) mass is 414 g/mol. The average molecular weight is 415 g/mol. The van der Waals surface area contributed by atoms with Gasteiger partial charge in [-0.2, -0.15) is 0 Å². The van der Waals surface area contributed by atoms with Crippen molar-refractivity contribution in [3.05, 3.63) is 65.5 Å². The molecule has 6 heteroatoms. The zero-order valence-corrected chi connectivity index (χ0v) is 17.5. The number of thioether (sulfide) groups is 1. The van der Waals surface area contributed by atoms with Gasteiger partial charge in [-0.25, -0.2) is 4.39 Å². The highest BCUT2D eigenvalue weighted by atomic mass is 32.2. The second kappa shape index (κ2) is 10.4. The third-order valence-electron chi connectivity index (χ3n) is 5.08. The first kappa shape index (κ1) is 21.4. The van der Waals surface area contributed by atoms with E-state index < -0.39 is 0 Å². The van der Waals surface area contributed by atoms with Crippen LogP contribution in [0.4, 0.5) is 4.39 Å². The SMILES string of the molecule is Cc1ccc(C(=O)N2CCCC(C(=O)NCCCSc3ccc(F)cc3)C2)cc1. The number of carbonyl (C=O) groups excluding carboxylic acids is 2. The van der Waals surface area contributed by atoms with Crippen molar-refractivity contribution in [3.8, 4) is 0 Å². The van der Waals surface area contributed by atoms with Crippen LogP contribution in [0.2, 0.25) is 0 Å². The molecule has 154 valence electrons. The molecule has 0 aromatic heterocycles. The molecule has 1 fully saturated rings. The molecular weight excluding hydrogens is 387 g/mol. The maximum absolute atomic E-state index is 12.9. The van der Waals surface area contributed by atoms with Gasteiger partial charge >= 0.3 is 0 Å². The van der Waals surface area contributed by atoms with Crippen LogP contribution in [0.5, 0.6) is 0 Å². The molecule has 0 radical (unpaired) electrons. The maximum atomic E-state index is 12.9. The molecule has 0 aliphatic carbocycles. The number of carbonyl (C=O) groups is 2. The van der Waals surface area contributed by atoms with Gasteiger partial charge in [0.25, 0.3) is 5.91 Å². The Hall–Kier alpha value is -2.34. The minimum atomic E-state index is -0.232. The molecule has 1 aliphatic rings. The summed E-state index contributed by atoms with van der Waals surface area (Å²) in [6, 6.07) is 14.0. The van der Waals surface area contributed by atoms with Gasteiger partial charge in [-0.3, -0.25) is 9.59 Å². The van der Waals surface area contributed by atoms with Crippen LogP contribution < -0.4 is 5.32 Å². The van der Waals surface area contributed by atoms with E-state index in [-0.39, 0.29) is 23.5 Å². The van der Waals surface area contributed by atoms with Gasteiger partial charge in [0.05, 0.1) is 5.92 Å². The molecule has 0 bridgehead atoms. The van der Waals surface area contributed by atoms with Crippen molar-refractivity contribution < 1.29 is 14.0 Å². The zero-order chi connectivity index (χ0) is 20.6. The van der Waals surface area contributed by atoms with E-state index in [9.17, 15) is 14.0 Å². The summed E-state index contributed by atoms with van der Waals surface area (Å²) in [4.78, 5) is 28.0. The van der Waals surface area contributed by atoms with Crippen LogP contribution in [0.3, 0.4) is 0 Å². The van der Waals surface area contributed by atoms with Crippen LogP contribution in [0.1, 0.15) is 35.2 Å². The summed E-state index contributed by atoms with van der Waals surface area (Å²) >= 11 is 1.65. The minimum Gasteiger partial charge on any atom is -0.356 e. The second-order valence-corrected chi connectivity index (χ2v) is 8.57. The highest BCUT2D eigenvalue weighted by Gasteiger charge is 2.28. The largest absolute Gasteiger partial charge is 0.356 e. The predicted molar refractivity (Wildman–Crippen MR) is 115 cm³/mol. The van der Waals surface area contributed by atoms with E-state index in [2.05, 4.69) is 5.32 Å². The summed E-state index contributed by atoms with van der Waals surface area (Å²) in [6.45, 7) is 3.77. The van der Waals surface area contributed by atoms with Crippen molar-refractivity contribution in [3.63, 3.8) is 0 Å². The number of benzene rings is 2. The molecule has 0 saturated carbocycles. The Morgan fingerprint density at radius 3 is 2.59 bits per heavy atom. The highest BCUT2D eigenvalue weighted by molar-refractivity contribution is 7.99. The summed E-state index contributed by atoms with van der Waals surface area (Å²) in [5.74, 6) is 0.498. The molecule has 2 aromatic rings. The topological polar surface area (TPSA) is 49.4 Å². The fraction of sp³-hybridized carbons (Fsp3) is 0.391. The Balaban J connectivity index is 1.40. The Morgan fingerprint density at radius 2 is 1.86 bits per heavy atom. The summed E-state index contributed by atoms with van der Waals surface area (Å²) in [7, 11) is 0. The molecule has 2 amide bonds. The van der Waals surface area contributed by atoms with Crippen LogP contribution in [-0.2, 0) is 4.79 Å². The van der Waals surface area contributed by atoms with Crippen molar-refractivity contribution >= 4 is 23.6 Å². The number of halogens is 1. The highest BCUT2D eigenvalue weighted by Crippen LogP contribution is 2.20. The Kier molecular flexibility index (Phi) is 7.69. The number of hydrogen-bond acceptors (Lipinski definition) is 3. The van der Waals surface area contributed by atoms with Gasteiger partial charge in [-0.05, 0) is 68.3 Å². The van der Waals surface area contributed by atoms with Gasteiger partial charge in [-0.15, -0.1) is 11.8 Å². The summed E-state index contributed by atoms with van der Waals surface area (Å²) < 4.78 is 12.9. The van der Waals surface area contributed by atoms with E-state index in [1.807, 2.05) is 31.2 Å². The lowest BCUT2D eigenvalue weighted by molar-refractivity contribution is -0.126. The van der Waals surface area contributed by atoms with Crippen LogP contribution in [0.15, 0.2) is 53.4 Å². The normalized spacial score (nSPS) is 16.5. The van der Waals surface area contributed by atoms with E-state index in [0.29, 0.717) is 25.2 Å². The quantitative estimate of drug-likeness (QED) is 0.543. The minimum absolute atomic E-state index is 0.00167. The molecule has 2 aromatic carbocycles.